The Morgan fingerprint density at radius 2 is 1.93 bits per heavy atom. The molecule has 2 fully saturated rings. The van der Waals surface area contributed by atoms with Crippen LogP contribution in [-0.2, 0) is 14.4 Å². The number of aryl methyl sites for hydroxylation is 1. The van der Waals surface area contributed by atoms with Gasteiger partial charge in [-0.05, 0) is 48.9 Å². The van der Waals surface area contributed by atoms with Crippen molar-refractivity contribution in [2.45, 2.75) is 72.5 Å². The van der Waals surface area contributed by atoms with Gasteiger partial charge in [0.2, 0.25) is 17.7 Å². The van der Waals surface area contributed by atoms with E-state index in [-0.39, 0.29) is 53.5 Å². The largest absolute Gasteiger partial charge is 0.361 e. The van der Waals surface area contributed by atoms with E-state index in [1.54, 1.807) is 11.8 Å². The first kappa shape index (κ1) is 29.3. The number of hydrogen-bond donors (Lipinski definition) is 3. The van der Waals surface area contributed by atoms with Crippen LogP contribution in [0.1, 0.15) is 63.7 Å². The van der Waals surface area contributed by atoms with Gasteiger partial charge in [0.05, 0.1) is 6.07 Å². The van der Waals surface area contributed by atoms with Crippen LogP contribution in [0, 0.1) is 53.3 Å². The number of fused-ring (bicyclic) bond motifs is 1. The molecule has 11 nitrogen and oxygen atoms in total. The van der Waals surface area contributed by atoms with Gasteiger partial charge in [0.25, 0.3) is 5.91 Å². The number of amides is 4. The zero-order valence-electron chi connectivity index (χ0n) is 24.1. The number of rotatable bonds is 7. The zero-order valence-corrected chi connectivity index (χ0v) is 24.1. The monoisotopic (exact) mass is 552 g/mol. The molecule has 8 atom stereocenters. The minimum atomic E-state index is -0.944. The Bertz CT molecular complexity index is 1230. The van der Waals surface area contributed by atoms with Gasteiger partial charge in [0.1, 0.15) is 23.9 Å². The van der Waals surface area contributed by atoms with Crippen LogP contribution in [0.4, 0.5) is 0 Å². The number of nitrogens with one attached hydrogen (secondary N) is 3. The second-order valence-electron chi connectivity index (χ2n) is 12.6. The lowest BCUT2D eigenvalue weighted by Crippen LogP contribution is -2.59. The number of likely N-dealkylation sites (tertiary alicyclic amines) is 1. The van der Waals surface area contributed by atoms with Crippen molar-refractivity contribution in [3.63, 3.8) is 0 Å². The maximum absolute atomic E-state index is 14.3. The molecule has 0 bridgehead atoms. The van der Waals surface area contributed by atoms with Crippen molar-refractivity contribution in [2.75, 3.05) is 13.1 Å². The Balaban J connectivity index is 1.61. The van der Waals surface area contributed by atoms with Crippen LogP contribution in [0.2, 0.25) is 0 Å². The van der Waals surface area contributed by atoms with Crippen molar-refractivity contribution in [1.29, 1.82) is 5.26 Å². The number of hydrogen-bond acceptors (Lipinski definition) is 7. The lowest BCUT2D eigenvalue weighted by atomic mass is 9.71. The number of aromatic nitrogens is 1. The van der Waals surface area contributed by atoms with Crippen LogP contribution in [-0.4, -0.2) is 64.9 Å². The van der Waals surface area contributed by atoms with Gasteiger partial charge in [-0.1, -0.05) is 51.9 Å². The molecular formula is C29H40N6O5. The number of carbonyl (C=O) groups excluding carboxylic acids is 4. The van der Waals surface area contributed by atoms with E-state index in [0.717, 1.165) is 0 Å². The predicted octanol–water partition coefficient (Wildman–Crippen LogP) is 1.95. The SMILES string of the molecule is Cc1cc(C(=O)N[C@H](C(=O)N2C[C@H]3[C@H]([C@H](C)C=C[C@@H]3C)[C@H]2C(=O)N[C@H](C#N)C[C@@H]2CCNC2=O)C(C)(C)C)no1. The van der Waals surface area contributed by atoms with E-state index in [4.69, 9.17) is 4.52 Å². The fourth-order valence-electron chi connectivity index (χ4n) is 6.31. The molecule has 1 aliphatic carbocycles. The number of nitrogens with zero attached hydrogens (tertiary/aromatic N) is 3. The van der Waals surface area contributed by atoms with E-state index in [1.807, 2.05) is 27.7 Å². The lowest BCUT2D eigenvalue weighted by Gasteiger charge is -2.37. The summed E-state index contributed by atoms with van der Waals surface area (Å²) in [5.74, 6) is -1.24. The third-order valence-electron chi connectivity index (χ3n) is 8.56. The summed E-state index contributed by atoms with van der Waals surface area (Å²) in [6, 6.07) is 0.996. The van der Waals surface area contributed by atoms with Gasteiger partial charge in [-0.3, -0.25) is 19.2 Å². The highest BCUT2D eigenvalue weighted by Gasteiger charge is 2.53. The van der Waals surface area contributed by atoms with Crippen LogP contribution in [0.3, 0.4) is 0 Å². The summed E-state index contributed by atoms with van der Waals surface area (Å²) >= 11 is 0. The molecule has 11 heteroatoms. The van der Waals surface area contributed by atoms with Gasteiger partial charge in [0, 0.05) is 25.1 Å². The Kier molecular flexibility index (Phi) is 8.38. The van der Waals surface area contributed by atoms with Gasteiger partial charge < -0.3 is 25.4 Å². The van der Waals surface area contributed by atoms with E-state index in [1.165, 1.54) is 6.07 Å². The molecule has 1 aromatic rings. The summed E-state index contributed by atoms with van der Waals surface area (Å²) in [7, 11) is 0. The van der Waals surface area contributed by atoms with E-state index < -0.39 is 35.4 Å². The predicted molar refractivity (Wildman–Crippen MR) is 145 cm³/mol. The van der Waals surface area contributed by atoms with Crippen molar-refractivity contribution in [1.82, 2.24) is 26.0 Å². The Hall–Kier alpha value is -3.68. The van der Waals surface area contributed by atoms with E-state index >= 15 is 0 Å². The summed E-state index contributed by atoms with van der Waals surface area (Å²) in [6.07, 6.45) is 5.04. The fraction of sp³-hybridized carbons (Fsp3) is 0.655. The quantitative estimate of drug-likeness (QED) is 0.436. The van der Waals surface area contributed by atoms with Crippen LogP contribution in [0.5, 0.6) is 0 Å². The molecule has 40 heavy (non-hydrogen) atoms. The molecule has 2 saturated heterocycles. The normalized spacial score (nSPS) is 29.2. The maximum atomic E-state index is 14.3. The highest BCUT2D eigenvalue weighted by atomic mass is 16.5. The first-order chi connectivity index (χ1) is 18.8. The standard InChI is InChI=1S/C29H40N6O5/c1-15-7-8-16(2)22-20(15)14-35(23(22)27(38)32-19(13-30)12-18-9-10-31-25(18)36)28(39)24(29(4,5)6)33-26(37)21-11-17(3)40-34-21/h7-8,11,15-16,18-20,22-24H,9-10,12,14H2,1-6H3,(H,31,36)(H,32,38)(H,33,37)/t15-,16+,18-,19-,20+,22-,23-,24+/m0/s1. The molecule has 216 valence electrons. The van der Waals surface area contributed by atoms with Crippen LogP contribution in [0.25, 0.3) is 0 Å². The molecule has 4 amide bonds. The maximum Gasteiger partial charge on any atom is 0.274 e. The number of allylic oxidation sites excluding steroid dienone is 2. The molecule has 0 saturated carbocycles. The minimum Gasteiger partial charge on any atom is -0.361 e. The molecule has 0 aromatic carbocycles. The van der Waals surface area contributed by atoms with Gasteiger partial charge >= 0.3 is 0 Å². The number of nitriles is 1. The second kappa shape index (κ2) is 11.4. The molecular weight excluding hydrogens is 512 g/mol. The van der Waals surface area contributed by atoms with E-state index in [2.05, 4.69) is 46.3 Å². The average Bonchev–Trinajstić information content (AvgIpc) is 3.62. The second-order valence-corrected chi connectivity index (χ2v) is 12.6. The van der Waals surface area contributed by atoms with Crippen LogP contribution >= 0.6 is 0 Å². The molecule has 3 aliphatic rings. The van der Waals surface area contributed by atoms with Gasteiger partial charge in [-0.15, -0.1) is 0 Å². The Labute approximate surface area is 235 Å². The molecule has 0 unspecified atom stereocenters. The van der Waals surface area contributed by atoms with Crippen molar-refractivity contribution >= 4 is 23.6 Å². The first-order valence-electron chi connectivity index (χ1n) is 14.0. The van der Waals surface area contributed by atoms with Crippen LogP contribution < -0.4 is 16.0 Å². The fourth-order valence-corrected chi connectivity index (χ4v) is 6.31. The van der Waals surface area contributed by atoms with Crippen LogP contribution in [0.15, 0.2) is 22.7 Å². The third kappa shape index (κ3) is 5.91. The molecule has 2 aliphatic heterocycles. The van der Waals surface area contributed by atoms with Crippen molar-refractivity contribution in [2.24, 2.45) is 35.0 Å². The summed E-state index contributed by atoms with van der Waals surface area (Å²) in [6.45, 7) is 12.3. The molecule has 1 aromatic heterocycles. The summed E-state index contributed by atoms with van der Waals surface area (Å²) in [5, 5.41) is 22.0. The summed E-state index contributed by atoms with van der Waals surface area (Å²) in [4.78, 5) is 54.9. The van der Waals surface area contributed by atoms with Crippen molar-refractivity contribution in [3.8, 4) is 6.07 Å². The van der Waals surface area contributed by atoms with Gasteiger partial charge in [-0.25, -0.2) is 0 Å². The Morgan fingerprint density at radius 3 is 2.50 bits per heavy atom. The molecule has 3 N–H and O–H groups in total. The highest BCUT2D eigenvalue weighted by Crippen LogP contribution is 2.44. The smallest absolute Gasteiger partial charge is 0.274 e. The third-order valence-corrected chi connectivity index (χ3v) is 8.56. The minimum absolute atomic E-state index is 0.0247. The molecule has 3 heterocycles. The highest BCUT2D eigenvalue weighted by molar-refractivity contribution is 5.98. The van der Waals surface area contributed by atoms with E-state index in [0.29, 0.717) is 25.3 Å². The molecule has 0 spiro atoms. The molecule has 0 radical (unpaired) electrons. The van der Waals surface area contributed by atoms with Gasteiger partial charge in [-0.2, -0.15) is 5.26 Å². The lowest BCUT2D eigenvalue weighted by molar-refractivity contribution is -0.143. The summed E-state index contributed by atoms with van der Waals surface area (Å²) < 4.78 is 5.03. The average molecular weight is 553 g/mol. The molecule has 4 rings (SSSR count). The van der Waals surface area contributed by atoms with Crippen molar-refractivity contribution < 1.29 is 23.7 Å². The van der Waals surface area contributed by atoms with Gasteiger partial charge in [0.15, 0.2) is 5.69 Å². The topological polar surface area (TPSA) is 157 Å². The summed E-state index contributed by atoms with van der Waals surface area (Å²) in [5.41, 5.74) is -0.607. The first-order valence-corrected chi connectivity index (χ1v) is 14.0. The van der Waals surface area contributed by atoms with E-state index in [9.17, 15) is 24.4 Å². The zero-order chi connectivity index (χ0) is 29.4. The number of carbonyl (C=O) groups is 4. The van der Waals surface area contributed by atoms with Crippen molar-refractivity contribution in [3.05, 3.63) is 29.7 Å². The Morgan fingerprint density at radius 1 is 1.23 bits per heavy atom.